The van der Waals surface area contributed by atoms with Gasteiger partial charge in [0.2, 0.25) is 0 Å². The summed E-state index contributed by atoms with van der Waals surface area (Å²) in [5.74, 6) is 0.925. The molecule has 0 saturated heterocycles. The molecule has 0 spiro atoms. The van der Waals surface area contributed by atoms with Crippen LogP contribution in [0.1, 0.15) is 37.5 Å². The minimum atomic E-state index is 0.00409. The van der Waals surface area contributed by atoms with Gasteiger partial charge in [-0.05, 0) is 28.7 Å². The predicted molar refractivity (Wildman–Crippen MR) is 104 cm³/mol. The Bertz CT molecular complexity index is 734. The van der Waals surface area contributed by atoms with Gasteiger partial charge in [-0.2, -0.15) is 5.10 Å². The van der Waals surface area contributed by atoms with E-state index in [1.807, 2.05) is 42.5 Å². The summed E-state index contributed by atoms with van der Waals surface area (Å²) >= 11 is 1.43. The average molecular weight is 341 g/mol. The number of hydrogen-bond donors (Lipinski definition) is 2. The fraction of sp³-hybridized carbons (Fsp3) is 0.263. The van der Waals surface area contributed by atoms with Gasteiger partial charge in [0.05, 0.1) is 6.21 Å². The highest BCUT2D eigenvalue weighted by molar-refractivity contribution is 8.13. The zero-order valence-electron chi connectivity index (χ0n) is 14.2. The molecule has 0 unspecified atom stereocenters. The van der Waals surface area contributed by atoms with E-state index in [2.05, 4.69) is 31.0 Å². The Morgan fingerprint density at radius 1 is 1.17 bits per heavy atom. The van der Waals surface area contributed by atoms with Crippen molar-refractivity contribution in [3.05, 3.63) is 65.2 Å². The van der Waals surface area contributed by atoms with Gasteiger partial charge in [0.25, 0.3) is 0 Å². The van der Waals surface area contributed by atoms with Gasteiger partial charge < -0.3 is 10.8 Å². The number of amidine groups is 1. The van der Waals surface area contributed by atoms with Gasteiger partial charge in [0.15, 0.2) is 5.17 Å². The minimum absolute atomic E-state index is 0.00409. The molecular weight excluding hydrogens is 318 g/mol. The molecule has 0 amide bonds. The molecule has 0 atom stereocenters. The van der Waals surface area contributed by atoms with Crippen LogP contribution in [0, 0.1) is 0 Å². The lowest BCUT2D eigenvalue weighted by molar-refractivity contribution is 0.473. The van der Waals surface area contributed by atoms with Gasteiger partial charge in [0, 0.05) is 11.3 Å². The number of rotatable bonds is 4. The van der Waals surface area contributed by atoms with Crippen LogP contribution in [0.15, 0.2) is 58.7 Å². The largest absolute Gasteiger partial charge is 0.507 e. The maximum Gasteiger partial charge on any atom is 0.180 e. The standard InChI is InChI=1S/C19H23N3OS/c1-19(2,3)16-9-10-17(23)15(11-16)12-21-22-18(20)24-13-14-7-5-4-6-8-14/h4-12,23H,13H2,1-3H3,(H2,20,22). The smallest absolute Gasteiger partial charge is 0.180 e. The van der Waals surface area contributed by atoms with Crippen molar-refractivity contribution in [1.82, 2.24) is 0 Å². The number of benzene rings is 2. The molecule has 5 heteroatoms. The molecule has 4 nitrogen and oxygen atoms in total. The molecule has 0 aliphatic heterocycles. The molecule has 0 radical (unpaired) electrons. The SMILES string of the molecule is CC(C)(C)c1ccc(O)c(C=NN=C(N)SCc2ccccc2)c1. The Kier molecular flexibility index (Phi) is 6.04. The van der Waals surface area contributed by atoms with E-state index in [1.165, 1.54) is 23.5 Å². The highest BCUT2D eigenvalue weighted by Gasteiger charge is 2.14. The molecule has 0 heterocycles. The van der Waals surface area contributed by atoms with E-state index in [4.69, 9.17) is 5.73 Å². The molecule has 0 aromatic heterocycles. The molecule has 0 bridgehead atoms. The van der Waals surface area contributed by atoms with Gasteiger partial charge in [-0.3, -0.25) is 0 Å². The monoisotopic (exact) mass is 341 g/mol. The molecule has 126 valence electrons. The Morgan fingerprint density at radius 2 is 1.88 bits per heavy atom. The van der Waals surface area contributed by atoms with Crippen molar-refractivity contribution in [2.45, 2.75) is 31.9 Å². The zero-order valence-corrected chi connectivity index (χ0v) is 15.0. The number of phenols is 1. The Hall–Kier alpha value is -2.27. The van der Waals surface area contributed by atoms with Gasteiger partial charge in [0.1, 0.15) is 5.75 Å². The molecule has 2 aromatic rings. The summed E-state index contributed by atoms with van der Waals surface area (Å²) in [4.78, 5) is 0. The molecule has 2 aromatic carbocycles. The molecule has 24 heavy (non-hydrogen) atoms. The average Bonchev–Trinajstić information content (AvgIpc) is 2.54. The number of phenolic OH excluding ortho intramolecular Hbond substituents is 1. The van der Waals surface area contributed by atoms with Crippen LogP contribution < -0.4 is 5.73 Å². The van der Waals surface area contributed by atoms with E-state index >= 15 is 0 Å². The number of aromatic hydroxyl groups is 1. The molecule has 0 aliphatic rings. The van der Waals surface area contributed by atoms with Crippen molar-refractivity contribution in [3.8, 4) is 5.75 Å². The lowest BCUT2D eigenvalue weighted by atomic mass is 9.86. The fourth-order valence-corrected chi connectivity index (χ4v) is 2.64. The lowest BCUT2D eigenvalue weighted by Crippen LogP contribution is -2.11. The van der Waals surface area contributed by atoms with Crippen LogP contribution in [0.25, 0.3) is 0 Å². The molecule has 0 fully saturated rings. The van der Waals surface area contributed by atoms with Crippen LogP contribution in [-0.2, 0) is 11.2 Å². The fourth-order valence-electron chi connectivity index (χ4n) is 2.03. The lowest BCUT2D eigenvalue weighted by Gasteiger charge is -2.19. The second kappa shape index (κ2) is 8.02. The molecule has 0 aliphatic carbocycles. The van der Waals surface area contributed by atoms with Crippen LogP contribution >= 0.6 is 11.8 Å². The van der Waals surface area contributed by atoms with Crippen LogP contribution in [0.5, 0.6) is 5.75 Å². The maximum absolute atomic E-state index is 9.94. The minimum Gasteiger partial charge on any atom is -0.507 e. The van der Waals surface area contributed by atoms with E-state index in [0.29, 0.717) is 10.7 Å². The van der Waals surface area contributed by atoms with Crippen molar-refractivity contribution in [2.24, 2.45) is 15.9 Å². The first-order valence-corrected chi connectivity index (χ1v) is 8.71. The normalized spacial score (nSPS) is 12.7. The second-order valence-corrected chi connectivity index (χ2v) is 7.48. The molecule has 0 saturated carbocycles. The van der Waals surface area contributed by atoms with E-state index in [1.54, 1.807) is 6.07 Å². The van der Waals surface area contributed by atoms with Gasteiger partial charge in [-0.25, -0.2) is 0 Å². The van der Waals surface area contributed by atoms with E-state index < -0.39 is 0 Å². The van der Waals surface area contributed by atoms with Crippen LogP contribution in [0.4, 0.5) is 0 Å². The Balaban J connectivity index is 2.02. The van der Waals surface area contributed by atoms with Gasteiger partial charge in [-0.15, -0.1) is 5.10 Å². The quantitative estimate of drug-likeness (QED) is 0.495. The molecule has 2 rings (SSSR count). The van der Waals surface area contributed by atoms with Crippen molar-refractivity contribution in [3.63, 3.8) is 0 Å². The summed E-state index contributed by atoms with van der Waals surface area (Å²) in [5.41, 5.74) is 8.80. The first kappa shape index (κ1) is 18.1. The first-order chi connectivity index (χ1) is 11.4. The number of nitrogens with zero attached hydrogens (tertiary/aromatic N) is 2. The zero-order chi connectivity index (χ0) is 17.6. The third-order valence-electron chi connectivity index (χ3n) is 3.48. The van der Waals surface area contributed by atoms with Crippen molar-refractivity contribution >= 4 is 23.1 Å². The summed E-state index contributed by atoms with van der Waals surface area (Å²) in [6.07, 6.45) is 1.53. The van der Waals surface area contributed by atoms with Gasteiger partial charge in [-0.1, -0.05) is 68.9 Å². The Labute approximate surface area is 147 Å². The first-order valence-electron chi connectivity index (χ1n) is 7.73. The van der Waals surface area contributed by atoms with Gasteiger partial charge >= 0.3 is 0 Å². The second-order valence-electron chi connectivity index (χ2n) is 6.48. The summed E-state index contributed by atoms with van der Waals surface area (Å²) in [7, 11) is 0. The van der Waals surface area contributed by atoms with E-state index in [-0.39, 0.29) is 11.2 Å². The van der Waals surface area contributed by atoms with E-state index in [0.717, 1.165) is 11.3 Å². The maximum atomic E-state index is 9.94. The highest BCUT2D eigenvalue weighted by atomic mass is 32.2. The number of thioether (sulfide) groups is 1. The third kappa shape index (κ3) is 5.42. The Morgan fingerprint density at radius 3 is 2.54 bits per heavy atom. The number of hydrogen-bond acceptors (Lipinski definition) is 4. The topological polar surface area (TPSA) is 71.0 Å². The summed E-state index contributed by atoms with van der Waals surface area (Å²) in [6, 6.07) is 15.6. The van der Waals surface area contributed by atoms with E-state index in [9.17, 15) is 5.11 Å². The van der Waals surface area contributed by atoms with Crippen LogP contribution in [-0.4, -0.2) is 16.5 Å². The summed E-state index contributed by atoms with van der Waals surface area (Å²) in [5, 5.41) is 18.3. The van der Waals surface area contributed by atoms with Crippen LogP contribution in [0.2, 0.25) is 0 Å². The molecule has 3 N–H and O–H groups in total. The summed E-state index contributed by atoms with van der Waals surface area (Å²) < 4.78 is 0. The summed E-state index contributed by atoms with van der Waals surface area (Å²) in [6.45, 7) is 6.37. The van der Waals surface area contributed by atoms with Crippen molar-refractivity contribution in [2.75, 3.05) is 0 Å². The highest BCUT2D eigenvalue weighted by Crippen LogP contribution is 2.26. The number of nitrogens with two attached hydrogens (primary N) is 1. The van der Waals surface area contributed by atoms with Crippen LogP contribution in [0.3, 0.4) is 0 Å². The molecular formula is C19H23N3OS. The predicted octanol–water partition coefficient (Wildman–Crippen LogP) is 4.27. The van der Waals surface area contributed by atoms with Crippen molar-refractivity contribution < 1.29 is 5.11 Å². The van der Waals surface area contributed by atoms with Crippen molar-refractivity contribution in [1.29, 1.82) is 0 Å². The third-order valence-corrected chi connectivity index (χ3v) is 4.33.